The van der Waals surface area contributed by atoms with Gasteiger partial charge in [-0.05, 0) is 57.2 Å². The Kier molecular flexibility index (Phi) is 3.28. The molecule has 1 aromatic rings. The van der Waals surface area contributed by atoms with Gasteiger partial charge in [0.25, 0.3) is 0 Å². The molecule has 2 N–H and O–H groups in total. The van der Waals surface area contributed by atoms with E-state index in [1.807, 2.05) is 13.0 Å². The van der Waals surface area contributed by atoms with Crippen LogP contribution in [0.5, 0.6) is 11.5 Å². The van der Waals surface area contributed by atoms with Crippen LogP contribution >= 0.6 is 0 Å². The fraction of sp³-hybridized carbons (Fsp3) is 0.600. The van der Waals surface area contributed by atoms with Gasteiger partial charge in [-0.3, -0.25) is 0 Å². The minimum absolute atomic E-state index is 0.204. The van der Waals surface area contributed by atoms with Crippen LogP contribution in [0.25, 0.3) is 0 Å². The van der Waals surface area contributed by atoms with E-state index in [4.69, 9.17) is 4.74 Å². The highest BCUT2D eigenvalue weighted by molar-refractivity contribution is 5.47. The van der Waals surface area contributed by atoms with Crippen LogP contribution in [0.3, 0.4) is 0 Å². The van der Waals surface area contributed by atoms with Crippen molar-refractivity contribution in [3.63, 3.8) is 0 Å². The fourth-order valence-corrected chi connectivity index (χ4v) is 2.44. The van der Waals surface area contributed by atoms with Crippen LogP contribution in [0.4, 0.5) is 0 Å². The maximum atomic E-state index is 10.1. The summed E-state index contributed by atoms with van der Waals surface area (Å²) in [4.78, 5) is 0. The standard InChI is InChI=1S/C15H22O3/c1-9-5-6-14(15(3,4)17)18-13-7-10(2)12(16)8-11(9)13/h7-9,14,16-17H,5-6H2,1-4H3/t9-,14-/m1/s1. The Balaban J connectivity index is 2.42. The average Bonchev–Trinajstić information content (AvgIpc) is 2.40. The van der Waals surface area contributed by atoms with E-state index in [9.17, 15) is 10.2 Å². The van der Waals surface area contributed by atoms with E-state index in [1.165, 1.54) is 0 Å². The molecule has 0 saturated heterocycles. The first-order valence-corrected chi connectivity index (χ1v) is 6.51. The summed E-state index contributed by atoms with van der Waals surface area (Å²) < 4.78 is 5.97. The molecule has 0 aromatic heterocycles. The summed E-state index contributed by atoms with van der Waals surface area (Å²) in [7, 11) is 0. The number of rotatable bonds is 1. The van der Waals surface area contributed by atoms with Crippen LogP contribution in [0, 0.1) is 6.92 Å². The molecule has 18 heavy (non-hydrogen) atoms. The molecule has 2 atom stereocenters. The third-order valence-electron chi connectivity index (χ3n) is 3.78. The number of hydrogen-bond acceptors (Lipinski definition) is 3. The van der Waals surface area contributed by atoms with Crippen molar-refractivity contribution in [1.29, 1.82) is 0 Å². The lowest BCUT2D eigenvalue weighted by molar-refractivity contribution is -0.0361. The van der Waals surface area contributed by atoms with Crippen molar-refractivity contribution in [2.24, 2.45) is 0 Å². The van der Waals surface area contributed by atoms with Gasteiger partial charge >= 0.3 is 0 Å². The second-order valence-corrected chi connectivity index (χ2v) is 5.92. The molecule has 100 valence electrons. The van der Waals surface area contributed by atoms with Crippen LogP contribution < -0.4 is 4.74 Å². The van der Waals surface area contributed by atoms with Gasteiger partial charge in [0.1, 0.15) is 17.6 Å². The zero-order chi connectivity index (χ0) is 13.5. The Morgan fingerprint density at radius 3 is 2.56 bits per heavy atom. The second-order valence-electron chi connectivity index (χ2n) is 5.92. The highest BCUT2D eigenvalue weighted by Crippen LogP contribution is 2.40. The molecule has 0 bridgehead atoms. The van der Waals surface area contributed by atoms with Crippen molar-refractivity contribution in [3.05, 3.63) is 23.3 Å². The Morgan fingerprint density at radius 2 is 1.94 bits per heavy atom. The summed E-state index contributed by atoms with van der Waals surface area (Å²) in [6, 6.07) is 3.66. The Morgan fingerprint density at radius 1 is 1.28 bits per heavy atom. The average molecular weight is 250 g/mol. The summed E-state index contributed by atoms with van der Waals surface area (Å²) in [6.45, 7) is 7.54. The minimum atomic E-state index is -0.854. The molecular formula is C15H22O3. The summed E-state index contributed by atoms with van der Waals surface area (Å²) in [5.41, 5.74) is 0.981. The normalized spacial score (nSPS) is 24.1. The molecule has 0 amide bonds. The van der Waals surface area contributed by atoms with Gasteiger partial charge in [0, 0.05) is 5.56 Å². The van der Waals surface area contributed by atoms with Crippen molar-refractivity contribution >= 4 is 0 Å². The topological polar surface area (TPSA) is 49.7 Å². The number of aromatic hydroxyl groups is 1. The summed E-state index contributed by atoms with van der Waals surface area (Å²) in [6.07, 6.45) is 1.56. The Bertz CT molecular complexity index is 446. The van der Waals surface area contributed by atoms with E-state index in [1.54, 1.807) is 19.9 Å². The van der Waals surface area contributed by atoms with Crippen molar-refractivity contribution in [3.8, 4) is 11.5 Å². The predicted molar refractivity (Wildman–Crippen MR) is 71.2 cm³/mol. The van der Waals surface area contributed by atoms with E-state index in [0.29, 0.717) is 11.7 Å². The molecular weight excluding hydrogens is 228 g/mol. The summed E-state index contributed by atoms with van der Waals surface area (Å²) in [5.74, 6) is 1.44. The summed E-state index contributed by atoms with van der Waals surface area (Å²) >= 11 is 0. The number of fused-ring (bicyclic) bond motifs is 1. The van der Waals surface area contributed by atoms with Crippen LogP contribution in [0.1, 0.15) is 50.7 Å². The number of ether oxygens (including phenoxy) is 1. The minimum Gasteiger partial charge on any atom is -0.508 e. The molecule has 1 heterocycles. The fourth-order valence-electron chi connectivity index (χ4n) is 2.44. The molecule has 0 unspecified atom stereocenters. The highest BCUT2D eigenvalue weighted by atomic mass is 16.5. The van der Waals surface area contributed by atoms with Gasteiger partial charge in [-0.15, -0.1) is 0 Å². The third kappa shape index (κ3) is 2.46. The van der Waals surface area contributed by atoms with E-state index >= 15 is 0 Å². The third-order valence-corrected chi connectivity index (χ3v) is 3.78. The zero-order valence-corrected chi connectivity index (χ0v) is 11.5. The lowest BCUT2D eigenvalue weighted by atomic mass is 9.91. The van der Waals surface area contributed by atoms with Gasteiger partial charge in [0.2, 0.25) is 0 Å². The van der Waals surface area contributed by atoms with Crippen LogP contribution in [-0.2, 0) is 0 Å². The largest absolute Gasteiger partial charge is 0.508 e. The van der Waals surface area contributed by atoms with E-state index in [2.05, 4.69) is 6.92 Å². The van der Waals surface area contributed by atoms with Crippen LogP contribution in [0.15, 0.2) is 12.1 Å². The first-order chi connectivity index (χ1) is 8.29. The first-order valence-electron chi connectivity index (χ1n) is 6.51. The predicted octanol–water partition coefficient (Wildman–Crippen LogP) is 3.12. The molecule has 0 saturated carbocycles. The van der Waals surface area contributed by atoms with Crippen LogP contribution in [-0.4, -0.2) is 21.9 Å². The van der Waals surface area contributed by atoms with Gasteiger partial charge in [-0.2, -0.15) is 0 Å². The molecule has 0 spiro atoms. The first kappa shape index (κ1) is 13.2. The lowest BCUT2D eigenvalue weighted by Gasteiger charge is -2.29. The van der Waals surface area contributed by atoms with E-state index in [0.717, 1.165) is 29.7 Å². The molecule has 1 aliphatic rings. The molecule has 0 fully saturated rings. The summed E-state index contributed by atoms with van der Waals surface area (Å²) in [5, 5.41) is 19.9. The maximum Gasteiger partial charge on any atom is 0.127 e. The molecule has 3 heteroatoms. The van der Waals surface area contributed by atoms with Gasteiger partial charge in [0.05, 0.1) is 5.60 Å². The maximum absolute atomic E-state index is 10.1. The zero-order valence-electron chi connectivity index (χ0n) is 11.5. The second kappa shape index (κ2) is 4.47. The molecule has 2 rings (SSSR count). The van der Waals surface area contributed by atoms with Gasteiger partial charge in [-0.1, -0.05) is 6.92 Å². The number of aliphatic hydroxyl groups is 1. The van der Waals surface area contributed by atoms with Crippen molar-refractivity contribution in [1.82, 2.24) is 0 Å². The quantitative estimate of drug-likeness (QED) is 0.805. The van der Waals surface area contributed by atoms with E-state index < -0.39 is 5.60 Å². The molecule has 3 nitrogen and oxygen atoms in total. The van der Waals surface area contributed by atoms with Crippen molar-refractivity contribution in [2.75, 3.05) is 0 Å². The number of benzene rings is 1. The molecule has 0 radical (unpaired) electrons. The molecule has 1 aromatic carbocycles. The van der Waals surface area contributed by atoms with Crippen molar-refractivity contribution in [2.45, 2.75) is 58.2 Å². The molecule has 0 aliphatic carbocycles. The number of aryl methyl sites for hydroxylation is 1. The number of hydrogen-bond donors (Lipinski definition) is 2. The number of phenols is 1. The van der Waals surface area contributed by atoms with Crippen molar-refractivity contribution < 1.29 is 14.9 Å². The smallest absolute Gasteiger partial charge is 0.127 e. The lowest BCUT2D eigenvalue weighted by Crippen LogP contribution is -2.40. The number of phenolic OH excluding ortho intramolecular Hbond substituents is 1. The SMILES string of the molecule is Cc1cc2c(cc1O)[C@H](C)CC[C@H](C(C)(C)O)O2. The highest BCUT2D eigenvalue weighted by Gasteiger charge is 2.32. The van der Waals surface area contributed by atoms with Gasteiger partial charge in [0.15, 0.2) is 0 Å². The van der Waals surface area contributed by atoms with E-state index in [-0.39, 0.29) is 6.10 Å². The van der Waals surface area contributed by atoms with Crippen LogP contribution in [0.2, 0.25) is 0 Å². The Hall–Kier alpha value is -1.22. The van der Waals surface area contributed by atoms with Gasteiger partial charge < -0.3 is 14.9 Å². The Labute approximate surface area is 108 Å². The van der Waals surface area contributed by atoms with Gasteiger partial charge in [-0.25, -0.2) is 0 Å². The monoisotopic (exact) mass is 250 g/mol. The molecule has 1 aliphatic heterocycles.